The predicted molar refractivity (Wildman–Crippen MR) is 109 cm³/mol. The third-order valence-electron chi connectivity index (χ3n) is 4.39. The van der Waals surface area contributed by atoms with Crippen LogP contribution >= 0.6 is 0 Å². The summed E-state index contributed by atoms with van der Waals surface area (Å²) in [6.45, 7) is 1.39. The van der Waals surface area contributed by atoms with Crippen LogP contribution < -0.4 is 11.1 Å². The molecule has 142 valence electrons. The van der Waals surface area contributed by atoms with E-state index in [0.29, 0.717) is 25.2 Å². The van der Waals surface area contributed by atoms with Gasteiger partial charge in [-0.3, -0.25) is 4.79 Å². The van der Waals surface area contributed by atoms with Crippen molar-refractivity contribution in [2.24, 2.45) is 5.73 Å². The molecule has 5 heteroatoms. The highest BCUT2D eigenvalue weighted by Crippen LogP contribution is 2.15. The Balaban J connectivity index is 1.78. The second kappa shape index (κ2) is 9.37. The first-order valence-electron chi connectivity index (χ1n) is 9.11. The SMILES string of the molecule is NC(=O)NCc1ccc(C(=O)N(Cc2ccccc2)Cc2ccccc2)cc1. The molecule has 0 radical (unpaired) electrons. The van der Waals surface area contributed by atoms with E-state index >= 15 is 0 Å². The summed E-state index contributed by atoms with van der Waals surface area (Å²) in [5.41, 5.74) is 8.74. The van der Waals surface area contributed by atoms with E-state index in [-0.39, 0.29) is 5.91 Å². The lowest BCUT2D eigenvalue weighted by Gasteiger charge is -2.23. The average Bonchev–Trinajstić information content (AvgIpc) is 2.73. The molecular weight excluding hydrogens is 350 g/mol. The lowest BCUT2D eigenvalue weighted by atomic mass is 10.1. The van der Waals surface area contributed by atoms with Crippen LogP contribution in [-0.4, -0.2) is 16.8 Å². The molecule has 0 aliphatic heterocycles. The summed E-state index contributed by atoms with van der Waals surface area (Å²) in [7, 11) is 0. The van der Waals surface area contributed by atoms with Crippen molar-refractivity contribution in [2.45, 2.75) is 19.6 Å². The van der Waals surface area contributed by atoms with Crippen LogP contribution in [-0.2, 0) is 19.6 Å². The summed E-state index contributed by atoms with van der Waals surface area (Å²) in [6, 6.07) is 26.5. The van der Waals surface area contributed by atoms with Crippen LogP contribution in [0.3, 0.4) is 0 Å². The van der Waals surface area contributed by atoms with E-state index < -0.39 is 6.03 Å². The van der Waals surface area contributed by atoms with Gasteiger partial charge < -0.3 is 16.0 Å². The Morgan fingerprint density at radius 3 is 1.68 bits per heavy atom. The van der Waals surface area contributed by atoms with Crippen LogP contribution in [0.15, 0.2) is 84.9 Å². The number of rotatable bonds is 7. The molecular formula is C23H23N3O2. The minimum Gasteiger partial charge on any atom is -0.352 e. The van der Waals surface area contributed by atoms with Crippen LogP contribution in [0.2, 0.25) is 0 Å². The maximum Gasteiger partial charge on any atom is 0.312 e. The van der Waals surface area contributed by atoms with Crippen LogP contribution in [0.1, 0.15) is 27.0 Å². The van der Waals surface area contributed by atoms with Gasteiger partial charge in [-0.2, -0.15) is 0 Å². The van der Waals surface area contributed by atoms with Crippen LogP contribution in [0.4, 0.5) is 4.79 Å². The zero-order valence-electron chi connectivity index (χ0n) is 15.5. The molecule has 0 aromatic heterocycles. The van der Waals surface area contributed by atoms with Gasteiger partial charge in [0.05, 0.1) is 0 Å². The Morgan fingerprint density at radius 1 is 0.714 bits per heavy atom. The van der Waals surface area contributed by atoms with Gasteiger partial charge in [0.2, 0.25) is 0 Å². The molecule has 0 aliphatic carbocycles. The van der Waals surface area contributed by atoms with E-state index in [9.17, 15) is 9.59 Å². The third kappa shape index (κ3) is 5.45. The van der Waals surface area contributed by atoms with E-state index in [1.165, 1.54) is 0 Å². The zero-order chi connectivity index (χ0) is 19.8. The number of nitrogens with two attached hydrogens (primary N) is 1. The van der Waals surface area contributed by atoms with E-state index in [4.69, 9.17) is 5.73 Å². The highest BCUT2D eigenvalue weighted by atomic mass is 16.2. The van der Waals surface area contributed by atoms with Gasteiger partial charge in [0.15, 0.2) is 0 Å². The monoisotopic (exact) mass is 373 g/mol. The summed E-state index contributed by atoms with van der Waals surface area (Å²) in [5, 5.41) is 2.54. The topological polar surface area (TPSA) is 75.4 Å². The van der Waals surface area contributed by atoms with E-state index in [1.807, 2.05) is 77.7 Å². The Morgan fingerprint density at radius 2 is 1.21 bits per heavy atom. The summed E-state index contributed by atoms with van der Waals surface area (Å²) in [6.07, 6.45) is 0. The molecule has 0 aliphatic rings. The molecule has 0 atom stereocenters. The van der Waals surface area contributed by atoms with Gasteiger partial charge in [-0.1, -0.05) is 72.8 Å². The summed E-state index contributed by atoms with van der Waals surface area (Å²) < 4.78 is 0. The average molecular weight is 373 g/mol. The van der Waals surface area contributed by atoms with Crippen molar-refractivity contribution in [3.05, 3.63) is 107 Å². The maximum absolute atomic E-state index is 13.2. The number of carbonyl (C=O) groups excluding carboxylic acids is 2. The molecule has 3 aromatic carbocycles. The molecule has 28 heavy (non-hydrogen) atoms. The van der Waals surface area contributed by atoms with Gasteiger partial charge >= 0.3 is 6.03 Å². The lowest BCUT2D eigenvalue weighted by Crippen LogP contribution is -2.30. The fourth-order valence-electron chi connectivity index (χ4n) is 2.94. The van der Waals surface area contributed by atoms with Crippen molar-refractivity contribution in [3.8, 4) is 0 Å². The second-order valence-corrected chi connectivity index (χ2v) is 6.55. The molecule has 3 amide bonds. The molecule has 0 saturated carbocycles. The van der Waals surface area contributed by atoms with Crippen molar-refractivity contribution >= 4 is 11.9 Å². The molecule has 0 heterocycles. The van der Waals surface area contributed by atoms with Gasteiger partial charge in [0, 0.05) is 25.2 Å². The number of urea groups is 1. The second-order valence-electron chi connectivity index (χ2n) is 6.55. The number of nitrogens with one attached hydrogen (secondary N) is 1. The number of benzene rings is 3. The summed E-state index contributed by atoms with van der Waals surface area (Å²) in [5.74, 6) is -0.0397. The van der Waals surface area contributed by atoms with Crippen LogP contribution in [0, 0.1) is 0 Å². The fourth-order valence-corrected chi connectivity index (χ4v) is 2.94. The van der Waals surface area contributed by atoms with Crippen LogP contribution in [0.5, 0.6) is 0 Å². The number of nitrogens with zero attached hydrogens (tertiary/aromatic N) is 1. The first-order chi connectivity index (χ1) is 13.6. The van der Waals surface area contributed by atoms with Gasteiger partial charge in [-0.15, -0.1) is 0 Å². The predicted octanol–water partition coefficient (Wildman–Crippen LogP) is 3.70. The smallest absolute Gasteiger partial charge is 0.312 e. The lowest BCUT2D eigenvalue weighted by molar-refractivity contribution is 0.0730. The Labute approximate surface area is 164 Å². The largest absolute Gasteiger partial charge is 0.352 e. The molecule has 0 fully saturated rings. The number of hydrogen-bond acceptors (Lipinski definition) is 2. The fraction of sp³-hybridized carbons (Fsp3) is 0.130. The van der Waals surface area contributed by atoms with E-state index in [1.54, 1.807) is 12.1 Å². The van der Waals surface area contributed by atoms with E-state index in [2.05, 4.69) is 5.32 Å². The minimum atomic E-state index is -0.572. The Hall–Kier alpha value is -3.60. The number of primary amides is 1. The minimum absolute atomic E-state index is 0.0397. The van der Waals surface area contributed by atoms with Crippen molar-refractivity contribution < 1.29 is 9.59 Å². The van der Waals surface area contributed by atoms with Gasteiger partial charge in [0.1, 0.15) is 0 Å². The molecule has 3 N–H and O–H groups in total. The Kier molecular flexibility index (Phi) is 6.41. The number of amides is 3. The van der Waals surface area contributed by atoms with E-state index in [0.717, 1.165) is 16.7 Å². The summed E-state index contributed by atoms with van der Waals surface area (Å²) >= 11 is 0. The normalized spacial score (nSPS) is 10.3. The van der Waals surface area contributed by atoms with Gasteiger partial charge in [0.25, 0.3) is 5.91 Å². The molecule has 5 nitrogen and oxygen atoms in total. The molecule has 0 unspecified atom stereocenters. The third-order valence-corrected chi connectivity index (χ3v) is 4.39. The first-order valence-corrected chi connectivity index (χ1v) is 9.11. The van der Waals surface area contributed by atoms with Crippen molar-refractivity contribution in [2.75, 3.05) is 0 Å². The van der Waals surface area contributed by atoms with Crippen LogP contribution in [0.25, 0.3) is 0 Å². The quantitative estimate of drug-likeness (QED) is 0.663. The standard InChI is InChI=1S/C23H23N3O2/c24-23(28)25-15-18-11-13-21(14-12-18)22(27)26(16-19-7-3-1-4-8-19)17-20-9-5-2-6-10-20/h1-14H,15-17H2,(H3,24,25,28). The summed E-state index contributed by atoms with van der Waals surface area (Å²) in [4.78, 5) is 25.8. The highest BCUT2D eigenvalue weighted by molar-refractivity contribution is 5.94. The molecule has 3 aromatic rings. The Bertz CT molecular complexity index is 868. The zero-order valence-corrected chi connectivity index (χ0v) is 15.5. The van der Waals surface area contributed by atoms with Crippen molar-refractivity contribution in [1.82, 2.24) is 10.2 Å². The van der Waals surface area contributed by atoms with Crippen molar-refractivity contribution in [3.63, 3.8) is 0 Å². The highest BCUT2D eigenvalue weighted by Gasteiger charge is 2.17. The van der Waals surface area contributed by atoms with Crippen molar-refractivity contribution in [1.29, 1.82) is 0 Å². The first kappa shape index (κ1) is 19.2. The molecule has 0 spiro atoms. The number of hydrogen-bond donors (Lipinski definition) is 2. The molecule has 0 bridgehead atoms. The molecule has 0 saturated heterocycles. The number of carbonyl (C=O) groups is 2. The van der Waals surface area contributed by atoms with Gasteiger partial charge in [-0.05, 0) is 28.8 Å². The van der Waals surface area contributed by atoms with Gasteiger partial charge in [-0.25, -0.2) is 4.79 Å². The molecule has 3 rings (SSSR count). The maximum atomic E-state index is 13.2.